The van der Waals surface area contributed by atoms with Crippen molar-refractivity contribution in [3.8, 4) is 0 Å². The molecule has 0 radical (unpaired) electrons. The molecule has 1 aromatic carbocycles. The lowest BCUT2D eigenvalue weighted by Gasteiger charge is -2.42. The van der Waals surface area contributed by atoms with Crippen molar-refractivity contribution in [2.75, 3.05) is 44.7 Å². The van der Waals surface area contributed by atoms with Gasteiger partial charge in [0.2, 0.25) is 5.91 Å². The minimum absolute atomic E-state index is 0.0314. The quantitative estimate of drug-likeness (QED) is 0.777. The molecule has 4 rings (SSSR count). The SMILES string of the molecule is CC1(C)CC(=O)Nc2ccc(C(=O)NCC3(CN4CCCCC4)CCOCC3)cc21. The second-order valence-corrected chi connectivity index (χ2v) is 10.0. The van der Waals surface area contributed by atoms with Gasteiger partial charge in [-0.15, -0.1) is 0 Å². The first-order chi connectivity index (χ1) is 14.4. The Morgan fingerprint density at radius 3 is 2.63 bits per heavy atom. The fourth-order valence-electron chi connectivity index (χ4n) is 5.20. The molecule has 0 atom stereocenters. The van der Waals surface area contributed by atoms with E-state index in [9.17, 15) is 9.59 Å². The van der Waals surface area contributed by atoms with Crippen LogP contribution in [-0.4, -0.2) is 56.1 Å². The summed E-state index contributed by atoms with van der Waals surface area (Å²) in [4.78, 5) is 27.5. The highest BCUT2D eigenvalue weighted by Gasteiger charge is 2.36. The number of likely N-dealkylation sites (tertiary alicyclic amines) is 1. The van der Waals surface area contributed by atoms with Crippen molar-refractivity contribution in [2.24, 2.45) is 5.41 Å². The van der Waals surface area contributed by atoms with Gasteiger partial charge in [-0.2, -0.15) is 0 Å². The summed E-state index contributed by atoms with van der Waals surface area (Å²) in [5.41, 5.74) is 2.33. The van der Waals surface area contributed by atoms with Crippen molar-refractivity contribution < 1.29 is 14.3 Å². The summed E-state index contributed by atoms with van der Waals surface area (Å²) in [5, 5.41) is 6.16. The van der Waals surface area contributed by atoms with Crippen molar-refractivity contribution in [1.29, 1.82) is 0 Å². The summed E-state index contributed by atoms with van der Waals surface area (Å²) in [6.07, 6.45) is 6.31. The van der Waals surface area contributed by atoms with E-state index < -0.39 is 0 Å². The number of benzene rings is 1. The zero-order chi connectivity index (χ0) is 21.2. The molecule has 164 valence electrons. The van der Waals surface area contributed by atoms with E-state index in [0.29, 0.717) is 18.5 Å². The molecule has 0 saturated carbocycles. The van der Waals surface area contributed by atoms with E-state index >= 15 is 0 Å². The molecule has 0 unspecified atom stereocenters. The van der Waals surface area contributed by atoms with Gasteiger partial charge in [0, 0.05) is 54.8 Å². The van der Waals surface area contributed by atoms with Crippen molar-refractivity contribution in [3.63, 3.8) is 0 Å². The Balaban J connectivity index is 1.45. The van der Waals surface area contributed by atoms with E-state index in [1.165, 1.54) is 32.4 Å². The minimum Gasteiger partial charge on any atom is -0.381 e. The van der Waals surface area contributed by atoms with Gasteiger partial charge in [0.15, 0.2) is 0 Å². The van der Waals surface area contributed by atoms with Crippen LogP contribution in [0.1, 0.15) is 68.3 Å². The van der Waals surface area contributed by atoms with Gasteiger partial charge < -0.3 is 20.3 Å². The van der Waals surface area contributed by atoms with E-state index in [1.807, 2.05) is 18.2 Å². The van der Waals surface area contributed by atoms with Gasteiger partial charge in [-0.1, -0.05) is 20.3 Å². The summed E-state index contributed by atoms with van der Waals surface area (Å²) in [7, 11) is 0. The monoisotopic (exact) mass is 413 g/mol. The Morgan fingerprint density at radius 2 is 1.90 bits per heavy atom. The van der Waals surface area contributed by atoms with Crippen molar-refractivity contribution in [3.05, 3.63) is 29.3 Å². The van der Waals surface area contributed by atoms with Crippen LogP contribution in [0.25, 0.3) is 0 Å². The Kier molecular flexibility index (Phi) is 6.16. The van der Waals surface area contributed by atoms with Crippen LogP contribution in [0.5, 0.6) is 0 Å². The first-order valence-corrected chi connectivity index (χ1v) is 11.4. The zero-order valence-electron chi connectivity index (χ0n) is 18.4. The Morgan fingerprint density at radius 1 is 1.17 bits per heavy atom. The minimum atomic E-state index is -0.274. The number of piperidine rings is 1. The van der Waals surface area contributed by atoms with Gasteiger partial charge in [-0.25, -0.2) is 0 Å². The highest BCUT2D eigenvalue weighted by atomic mass is 16.5. The maximum Gasteiger partial charge on any atom is 0.251 e. The number of nitrogens with one attached hydrogen (secondary N) is 2. The summed E-state index contributed by atoms with van der Waals surface area (Å²) in [6.45, 7) is 9.73. The number of ether oxygens (including phenoxy) is 1. The van der Waals surface area contributed by atoms with E-state index in [0.717, 1.165) is 43.9 Å². The molecule has 2 amide bonds. The van der Waals surface area contributed by atoms with Gasteiger partial charge in [-0.3, -0.25) is 9.59 Å². The lowest BCUT2D eigenvalue weighted by Crippen LogP contribution is -2.49. The average Bonchev–Trinajstić information content (AvgIpc) is 2.73. The van der Waals surface area contributed by atoms with Gasteiger partial charge in [-0.05, 0) is 62.5 Å². The Bertz CT molecular complexity index is 793. The number of carbonyl (C=O) groups excluding carboxylic acids is 2. The number of fused-ring (bicyclic) bond motifs is 1. The maximum absolute atomic E-state index is 13.0. The predicted octanol–water partition coefficient (Wildman–Crippen LogP) is 3.32. The van der Waals surface area contributed by atoms with Gasteiger partial charge >= 0.3 is 0 Å². The summed E-state index contributed by atoms with van der Waals surface area (Å²) < 4.78 is 5.63. The predicted molar refractivity (Wildman–Crippen MR) is 118 cm³/mol. The molecule has 0 aliphatic carbocycles. The highest BCUT2D eigenvalue weighted by molar-refractivity contribution is 5.98. The van der Waals surface area contributed by atoms with Crippen LogP contribution >= 0.6 is 0 Å². The van der Waals surface area contributed by atoms with Crippen molar-refractivity contribution >= 4 is 17.5 Å². The lowest BCUT2D eigenvalue weighted by molar-refractivity contribution is -0.117. The summed E-state index contributed by atoms with van der Waals surface area (Å²) in [5.74, 6) is -0.00103. The summed E-state index contributed by atoms with van der Waals surface area (Å²) in [6, 6.07) is 5.63. The van der Waals surface area contributed by atoms with Crippen molar-refractivity contribution in [1.82, 2.24) is 10.2 Å². The van der Waals surface area contributed by atoms with Crippen LogP contribution in [0.3, 0.4) is 0 Å². The number of anilines is 1. The molecular weight excluding hydrogens is 378 g/mol. The molecule has 0 aromatic heterocycles. The number of rotatable bonds is 5. The normalized spacial score (nSPS) is 23.3. The van der Waals surface area contributed by atoms with Gasteiger partial charge in [0.25, 0.3) is 5.91 Å². The van der Waals surface area contributed by atoms with Gasteiger partial charge in [0.1, 0.15) is 0 Å². The van der Waals surface area contributed by atoms with E-state index in [1.54, 1.807) is 0 Å². The first kappa shape index (κ1) is 21.3. The lowest BCUT2D eigenvalue weighted by atomic mass is 9.77. The molecule has 6 nitrogen and oxygen atoms in total. The smallest absolute Gasteiger partial charge is 0.251 e. The molecule has 6 heteroatoms. The number of carbonyl (C=O) groups is 2. The molecular formula is C24H35N3O3. The zero-order valence-corrected chi connectivity index (χ0v) is 18.4. The van der Waals surface area contributed by atoms with Crippen LogP contribution in [0.15, 0.2) is 18.2 Å². The standard InChI is InChI=1S/C24H35N3O3/c1-23(2)15-21(28)26-20-7-6-18(14-19(20)23)22(29)25-16-24(8-12-30-13-9-24)17-27-10-4-3-5-11-27/h6-7,14H,3-5,8-13,15-17H2,1-2H3,(H,25,29)(H,26,28). The molecule has 3 heterocycles. The molecule has 0 bridgehead atoms. The van der Waals surface area contributed by atoms with Crippen LogP contribution in [0.4, 0.5) is 5.69 Å². The molecule has 0 spiro atoms. The maximum atomic E-state index is 13.0. The van der Waals surface area contributed by atoms with Crippen LogP contribution < -0.4 is 10.6 Å². The Labute approximate surface area is 179 Å². The average molecular weight is 414 g/mol. The van der Waals surface area contributed by atoms with E-state index in [2.05, 4.69) is 29.4 Å². The number of hydrogen-bond acceptors (Lipinski definition) is 4. The highest BCUT2D eigenvalue weighted by Crippen LogP contribution is 2.37. The number of amides is 2. The number of nitrogens with zero attached hydrogens (tertiary/aromatic N) is 1. The third-order valence-corrected chi connectivity index (χ3v) is 7.07. The van der Waals surface area contributed by atoms with Crippen LogP contribution in [0, 0.1) is 5.41 Å². The Hall–Kier alpha value is -1.92. The van der Waals surface area contributed by atoms with E-state index in [-0.39, 0.29) is 22.6 Å². The van der Waals surface area contributed by atoms with Gasteiger partial charge in [0.05, 0.1) is 0 Å². The molecule has 3 aliphatic heterocycles. The number of hydrogen-bond donors (Lipinski definition) is 2. The third-order valence-electron chi connectivity index (χ3n) is 7.07. The van der Waals surface area contributed by atoms with Crippen molar-refractivity contribution in [2.45, 2.75) is 57.8 Å². The van der Waals surface area contributed by atoms with Crippen LogP contribution in [0.2, 0.25) is 0 Å². The molecule has 2 N–H and O–H groups in total. The second kappa shape index (κ2) is 8.67. The molecule has 1 aromatic rings. The van der Waals surface area contributed by atoms with Crippen LogP contribution in [-0.2, 0) is 14.9 Å². The first-order valence-electron chi connectivity index (χ1n) is 11.4. The topological polar surface area (TPSA) is 70.7 Å². The molecule has 30 heavy (non-hydrogen) atoms. The third kappa shape index (κ3) is 4.70. The fraction of sp³-hybridized carbons (Fsp3) is 0.667. The second-order valence-electron chi connectivity index (χ2n) is 10.0. The fourth-order valence-corrected chi connectivity index (χ4v) is 5.20. The molecule has 2 saturated heterocycles. The van der Waals surface area contributed by atoms with E-state index in [4.69, 9.17) is 4.74 Å². The summed E-state index contributed by atoms with van der Waals surface area (Å²) >= 11 is 0. The molecule has 3 aliphatic rings. The molecule has 2 fully saturated rings. The largest absolute Gasteiger partial charge is 0.381 e.